The largest absolute Gasteiger partial charge is 0.303 e. The van der Waals surface area contributed by atoms with Gasteiger partial charge in [0.1, 0.15) is 10.4 Å². The molecule has 2 aromatic heterocycles. The molecule has 3 heteroatoms. The summed E-state index contributed by atoms with van der Waals surface area (Å²) >= 11 is 3.56. The molecule has 3 rings (SSSR count). The van der Waals surface area contributed by atoms with E-state index in [1.54, 1.807) is 0 Å². The summed E-state index contributed by atoms with van der Waals surface area (Å²) in [7, 11) is 0. The van der Waals surface area contributed by atoms with Gasteiger partial charge in [-0.05, 0) is 59.5 Å². The van der Waals surface area contributed by atoms with Crippen molar-refractivity contribution in [3.05, 3.63) is 69.7 Å². The number of aryl methyl sites for hydroxylation is 4. The molecule has 0 N–H and O–H groups in total. The molecule has 3 aromatic rings. The highest BCUT2D eigenvalue weighted by Crippen LogP contribution is 2.21. The highest BCUT2D eigenvalue weighted by Gasteiger charge is 2.09. The number of pyridine rings is 1. The van der Waals surface area contributed by atoms with Crippen molar-refractivity contribution in [2.45, 2.75) is 26.7 Å². The summed E-state index contributed by atoms with van der Waals surface area (Å²) in [5.74, 6) is 1.10. The monoisotopic (exact) mass is 328 g/mol. The zero-order chi connectivity index (χ0) is 14.1. The number of hydrogen-bond acceptors (Lipinski definition) is 1. The van der Waals surface area contributed by atoms with E-state index in [9.17, 15) is 0 Å². The molecule has 0 aliphatic heterocycles. The number of benzene rings is 1. The molecule has 0 amide bonds. The van der Waals surface area contributed by atoms with E-state index in [4.69, 9.17) is 0 Å². The molecule has 0 saturated carbocycles. The molecule has 0 fully saturated rings. The second kappa shape index (κ2) is 5.41. The van der Waals surface area contributed by atoms with Crippen LogP contribution in [0.2, 0.25) is 0 Å². The number of nitrogens with zero attached hydrogens (tertiary/aromatic N) is 2. The predicted octanol–water partition coefficient (Wildman–Crippen LogP) is 4.50. The van der Waals surface area contributed by atoms with Crippen molar-refractivity contribution in [3.8, 4) is 0 Å². The smallest absolute Gasteiger partial charge is 0.132 e. The van der Waals surface area contributed by atoms with Gasteiger partial charge in [0.2, 0.25) is 0 Å². The molecule has 20 heavy (non-hydrogen) atoms. The van der Waals surface area contributed by atoms with Crippen LogP contribution in [0.1, 0.15) is 22.5 Å². The zero-order valence-electron chi connectivity index (χ0n) is 11.7. The van der Waals surface area contributed by atoms with Gasteiger partial charge in [-0.15, -0.1) is 0 Å². The van der Waals surface area contributed by atoms with Gasteiger partial charge in [0.15, 0.2) is 0 Å². The lowest BCUT2D eigenvalue weighted by molar-refractivity contribution is 0.851. The first kappa shape index (κ1) is 13.4. The van der Waals surface area contributed by atoms with Crippen LogP contribution in [0.5, 0.6) is 0 Å². The van der Waals surface area contributed by atoms with E-state index < -0.39 is 0 Å². The minimum Gasteiger partial charge on any atom is -0.303 e. The maximum Gasteiger partial charge on any atom is 0.132 e. The summed E-state index contributed by atoms with van der Waals surface area (Å²) in [6.07, 6.45) is 4.06. The summed E-state index contributed by atoms with van der Waals surface area (Å²) in [6, 6.07) is 13.0. The molecule has 0 spiro atoms. The third-order valence-electron chi connectivity index (χ3n) is 3.55. The van der Waals surface area contributed by atoms with Crippen LogP contribution >= 0.6 is 15.9 Å². The van der Waals surface area contributed by atoms with Crippen molar-refractivity contribution in [1.29, 1.82) is 0 Å². The average Bonchev–Trinajstić information content (AvgIpc) is 2.73. The van der Waals surface area contributed by atoms with E-state index in [1.165, 1.54) is 16.7 Å². The highest BCUT2D eigenvalue weighted by atomic mass is 79.9. The van der Waals surface area contributed by atoms with Gasteiger partial charge < -0.3 is 4.40 Å². The van der Waals surface area contributed by atoms with Crippen LogP contribution in [-0.4, -0.2) is 9.38 Å². The quantitative estimate of drug-likeness (QED) is 0.692. The van der Waals surface area contributed by atoms with Gasteiger partial charge in [-0.25, -0.2) is 4.98 Å². The van der Waals surface area contributed by atoms with Crippen molar-refractivity contribution in [2.24, 2.45) is 0 Å². The Balaban J connectivity index is 1.88. The zero-order valence-corrected chi connectivity index (χ0v) is 13.3. The van der Waals surface area contributed by atoms with Crippen molar-refractivity contribution < 1.29 is 0 Å². The van der Waals surface area contributed by atoms with Crippen LogP contribution in [0, 0.1) is 13.8 Å². The third kappa shape index (κ3) is 2.63. The SMILES string of the molecule is Cc1cccc(CCc2nc(Br)c3cc(C)ccn23)c1. The molecule has 102 valence electrons. The maximum atomic E-state index is 4.65. The van der Waals surface area contributed by atoms with Crippen molar-refractivity contribution in [2.75, 3.05) is 0 Å². The molecule has 0 aliphatic rings. The van der Waals surface area contributed by atoms with E-state index in [2.05, 4.69) is 81.8 Å². The molecule has 0 unspecified atom stereocenters. The topological polar surface area (TPSA) is 17.3 Å². The first-order valence-corrected chi connectivity index (χ1v) is 7.61. The summed E-state index contributed by atoms with van der Waals surface area (Å²) in [6.45, 7) is 4.24. The number of hydrogen-bond donors (Lipinski definition) is 0. The van der Waals surface area contributed by atoms with Crippen LogP contribution in [0.3, 0.4) is 0 Å². The lowest BCUT2D eigenvalue weighted by Crippen LogP contribution is -1.98. The Labute approximate surface area is 127 Å². The van der Waals surface area contributed by atoms with Crippen molar-refractivity contribution in [1.82, 2.24) is 9.38 Å². The minimum absolute atomic E-state index is 0.931. The van der Waals surface area contributed by atoms with Crippen LogP contribution < -0.4 is 0 Å². The highest BCUT2D eigenvalue weighted by molar-refractivity contribution is 9.10. The lowest BCUT2D eigenvalue weighted by Gasteiger charge is -2.03. The first-order chi connectivity index (χ1) is 9.63. The Bertz CT molecular complexity index is 759. The molecular weight excluding hydrogens is 312 g/mol. The van der Waals surface area contributed by atoms with E-state index in [0.29, 0.717) is 0 Å². The van der Waals surface area contributed by atoms with Gasteiger partial charge in [-0.1, -0.05) is 29.8 Å². The molecule has 0 atom stereocenters. The van der Waals surface area contributed by atoms with Gasteiger partial charge in [0.25, 0.3) is 0 Å². The Morgan fingerprint density at radius 1 is 1.05 bits per heavy atom. The standard InChI is InChI=1S/C17H17BrN2/c1-12-4-3-5-14(10-12)6-7-16-19-17(18)15-11-13(2)8-9-20(15)16/h3-5,8-11H,6-7H2,1-2H3. The number of imidazole rings is 1. The lowest BCUT2D eigenvalue weighted by atomic mass is 10.1. The fraction of sp³-hybridized carbons (Fsp3) is 0.235. The molecule has 0 bridgehead atoms. The second-order valence-corrected chi connectivity index (χ2v) is 6.02. The molecule has 2 heterocycles. The average molecular weight is 329 g/mol. The predicted molar refractivity (Wildman–Crippen MR) is 86.2 cm³/mol. The van der Waals surface area contributed by atoms with Crippen LogP contribution in [0.15, 0.2) is 47.2 Å². The maximum absolute atomic E-state index is 4.65. The van der Waals surface area contributed by atoms with Crippen LogP contribution in [0.25, 0.3) is 5.52 Å². The molecule has 0 radical (unpaired) electrons. The minimum atomic E-state index is 0.931. The van der Waals surface area contributed by atoms with Crippen LogP contribution in [-0.2, 0) is 12.8 Å². The number of fused-ring (bicyclic) bond motifs is 1. The van der Waals surface area contributed by atoms with Gasteiger partial charge in [0.05, 0.1) is 5.52 Å². The summed E-state index contributed by atoms with van der Waals surface area (Å²) < 4.78 is 3.10. The molecule has 0 aliphatic carbocycles. The molecule has 2 nitrogen and oxygen atoms in total. The molecule has 0 saturated heterocycles. The van der Waals surface area contributed by atoms with Crippen LogP contribution in [0.4, 0.5) is 0 Å². The number of halogens is 1. The number of rotatable bonds is 3. The van der Waals surface area contributed by atoms with Gasteiger partial charge in [0, 0.05) is 12.6 Å². The normalized spacial score (nSPS) is 11.2. The van der Waals surface area contributed by atoms with Gasteiger partial charge in [-0.3, -0.25) is 0 Å². The summed E-state index contributed by atoms with van der Waals surface area (Å²) in [4.78, 5) is 4.65. The summed E-state index contributed by atoms with van der Waals surface area (Å²) in [5.41, 5.74) is 5.07. The third-order valence-corrected chi connectivity index (χ3v) is 4.13. The van der Waals surface area contributed by atoms with Crippen molar-refractivity contribution in [3.63, 3.8) is 0 Å². The Kier molecular flexibility index (Phi) is 3.62. The fourth-order valence-corrected chi connectivity index (χ4v) is 3.02. The Morgan fingerprint density at radius 3 is 2.65 bits per heavy atom. The first-order valence-electron chi connectivity index (χ1n) is 6.82. The second-order valence-electron chi connectivity index (χ2n) is 5.27. The van der Waals surface area contributed by atoms with Crippen molar-refractivity contribution >= 4 is 21.4 Å². The fourth-order valence-electron chi connectivity index (χ4n) is 2.51. The van der Waals surface area contributed by atoms with E-state index in [1.807, 2.05) is 0 Å². The number of aromatic nitrogens is 2. The van der Waals surface area contributed by atoms with E-state index in [-0.39, 0.29) is 0 Å². The van der Waals surface area contributed by atoms with E-state index in [0.717, 1.165) is 28.8 Å². The Hall–Kier alpha value is -1.61. The Morgan fingerprint density at radius 2 is 1.85 bits per heavy atom. The summed E-state index contributed by atoms with van der Waals surface area (Å²) in [5, 5.41) is 0. The van der Waals surface area contributed by atoms with Gasteiger partial charge in [-0.2, -0.15) is 0 Å². The van der Waals surface area contributed by atoms with E-state index >= 15 is 0 Å². The molecule has 1 aromatic carbocycles. The molecular formula is C17H17BrN2. The van der Waals surface area contributed by atoms with Gasteiger partial charge >= 0.3 is 0 Å².